The van der Waals surface area contributed by atoms with E-state index in [0.717, 1.165) is 18.5 Å². The quantitative estimate of drug-likeness (QED) is 0.474. The van der Waals surface area contributed by atoms with Crippen LogP contribution in [0.25, 0.3) is 34.0 Å². The summed E-state index contributed by atoms with van der Waals surface area (Å²) in [6, 6.07) is 14.6. The molecule has 1 atom stereocenters. The Morgan fingerprint density at radius 1 is 1.00 bits per heavy atom. The summed E-state index contributed by atoms with van der Waals surface area (Å²) in [5.74, 6) is -0.0390. The van der Waals surface area contributed by atoms with Crippen LogP contribution in [0, 0.1) is 5.82 Å². The molecule has 0 amide bonds. The number of aromatic nitrogens is 3. The number of nitrogens with zero attached hydrogens (tertiary/aromatic N) is 3. The summed E-state index contributed by atoms with van der Waals surface area (Å²) in [7, 11) is -3.39. The molecule has 0 radical (unpaired) electrons. The van der Waals surface area contributed by atoms with E-state index in [-0.39, 0.29) is 0 Å². The minimum atomic E-state index is -3.39. The number of rotatable bonds is 5. The minimum absolute atomic E-state index is 0.300. The van der Waals surface area contributed by atoms with Crippen molar-refractivity contribution in [2.75, 3.05) is 13.1 Å². The van der Waals surface area contributed by atoms with Crippen molar-refractivity contribution in [1.82, 2.24) is 20.4 Å². The lowest BCUT2D eigenvalue weighted by Crippen LogP contribution is -2.38. The summed E-state index contributed by atoms with van der Waals surface area (Å²) in [5, 5.41) is 6.70. The van der Waals surface area contributed by atoms with Crippen LogP contribution in [0.4, 0.5) is 4.39 Å². The molecule has 3 heterocycles. The van der Waals surface area contributed by atoms with E-state index >= 15 is 0 Å². The van der Waals surface area contributed by atoms with Crippen molar-refractivity contribution in [2.45, 2.75) is 23.0 Å². The second kappa shape index (κ2) is 8.84. The van der Waals surface area contributed by atoms with Gasteiger partial charge in [-0.1, -0.05) is 29.4 Å². The Morgan fingerprint density at radius 2 is 1.79 bits per heavy atom. The molecule has 0 spiro atoms. The third-order valence-electron chi connectivity index (χ3n) is 5.72. The molecule has 168 valence electrons. The molecule has 1 unspecified atom stereocenters. The molecule has 33 heavy (non-hydrogen) atoms. The van der Waals surface area contributed by atoms with Crippen LogP contribution in [0.15, 0.2) is 76.4 Å². The Morgan fingerprint density at radius 3 is 2.55 bits per heavy atom. The molecular formula is C24H21FN4O3S. The van der Waals surface area contributed by atoms with Crippen molar-refractivity contribution >= 4 is 9.84 Å². The smallest absolute Gasteiger partial charge is 0.187 e. The third kappa shape index (κ3) is 4.29. The highest BCUT2D eigenvalue weighted by Gasteiger charge is 2.28. The highest BCUT2D eigenvalue weighted by molar-refractivity contribution is 7.92. The fourth-order valence-corrected chi connectivity index (χ4v) is 5.62. The van der Waals surface area contributed by atoms with Gasteiger partial charge in [-0.05, 0) is 43.7 Å². The molecule has 7 nitrogen and oxygen atoms in total. The van der Waals surface area contributed by atoms with Gasteiger partial charge in [0.25, 0.3) is 0 Å². The second-order valence-corrected chi connectivity index (χ2v) is 10.1. The number of halogens is 1. The van der Waals surface area contributed by atoms with Gasteiger partial charge < -0.3 is 9.84 Å². The van der Waals surface area contributed by atoms with Gasteiger partial charge in [0.05, 0.1) is 28.2 Å². The summed E-state index contributed by atoms with van der Waals surface area (Å²) in [6.45, 7) is 1.33. The van der Waals surface area contributed by atoms with Crippen LogP contribution in [-0.2, 0) is 9.84 Å². The molecule has 1 fully saturated rings. The van der Waals surface area contributed by atoms with Gasteiger partial charge in [0.2, 0.25) is 0 Å². The molecule has 2 aromatic heterocycles. The predicted octanol–water partition coefficient (Wildman–Crippen LogP) is 4.13. The summed E-state index contributed by atoms with van der Waals surface area (Å²) in [5.41, 5.74) is 2.41. The summed E-state index contributed by atoms with van der Waals surface area (Å²) in [6.07, 6.45) is 4.64. The number of piperidine rings is 1. The van der Waals surface area contributed by atoms with Crippen molar-refractivity contribution in [3.05, 3.63) is 72.8 Å². The van der Waals surface area contributed by atoms with Gasteiger partial charge in [-0.25, -0.2) is 17.8 Å². The lowest BCUT2D eigenvalue weighted by Gasteiger charge is -2.22. The van der Waals surface area contributed by atoms with E-state index < -0.39 is 20.9 Å². The normalized spacial score (nSPS) is 16.6. The Balaban J connectivity index is 1.40. The van der Waals surface area contributed by atoms with E-state index in [0.29, 0.717) is 46.3 Å². The first-order chi connectivity index (χ1) is 16.0. The van der Waals surface area contributed by atoms with Gasteiger partial charge in [0.1, 0.15) is 17.2 Å². The average Bonchev–Trinajstić information content (AvgIpc) is 3.35. The van der Waals surface area contributed by atoms with Crippen molar-refractivity contribution in [3.63, 3.8) is 0 Å². The Bertz CT molecular complexity index is 1380. The van der Waals surface area contributed by atoms with Gasteiger partial charge in [0.15, 0.2) is 15.6 Å². The fourth-order valence-electron chi connectivity index (χ4n) is 3.91. The molecular weight excluding hydrogens is 443 g/mol. The van der Waals surface area contributed by atoms with Gasteiger partial charge in [-0.15, -0.1) is 0 Å². The SMILES string of the molecule is O=S(=O)(c1ccc(-c2cncc(-c3cc(-c4ccccc4F)no3)n2)cc1)C1CCCNC1. The number of benzene rings is 2. The Hall–Kier alpha value is -3.43. The largest absolute Gasteiger partial charge is 0.354 e. The highest BCUT2D eigenvalue weighted by Crippen LogP contribution is 2.28. The summed E-state index contributed by atoms with van der Waals surface area (Å²) in [4.78, 5) is 9.11. The molecule has 5 rings (SSSR count). The first-order valence-electron chi connectivity index (χ1n) is 10.6. The van der Waals surface area contributed by atoms with Crippen LogP contribution >= 0.6 is 0 Å². The topological polar surface area (TPSA) is 98.0 Å². The molecule has 2 aromatic carbocycles. The molecule has 1 N–H and O–H groups in total. The predicted molar refractivity (Wildman–Crippen MR) is 121 cm³/mol. The molecule has 1 aliphatic rings. The number of sulfone groups is 1. The lowest BCUT2D eigenvalue weighted by molar-refractivity contribution is 0.433. The van der Waals surface area contributed by atoms with E-state index in [2.05, 4.69) is 20.4 Å². The van der Waals surface area contributed by atoms with Crippen molar-refractivity contribution in [3.8, 4) is 34.0 Å². The van der Waals surface area contributed by atoms with Crippen LogP contribution in [0.1, 0.15) is 12.8 Å². The minimum Gasteiger partial charge on any atom is -0.354 e. The maximum atomic E-state index is 14.1. The zero-order valence-electron chi connectivity index (χ0n) is 17.6. The van der Waals surface area contributed by atoms with Crippen LogP contribution in [0.2, 0.25) is 0 Å². The standard InChI is InChI=1S/C24H21FN4O3S/c25-20-6-2-1-5-19(20)21-12-24(32-29-21)23-15-27-14-22(28-23)16-7-9-17(10-8-16)33(30,31)18-4-3-11-26-13-18/h1-2,5-10,12,14-15,18,26H,3-4,11,13H2. The maximum absolute atomic E-state index is 14.1. The van der Waals surface area contributed by atoms with Crippen LogP contribution in [0.5, 0.6) is 0 Å². The van der Waals surface area contributed by atoms with E-state index in [1.807, 2.05) is 0 Å². The van der Waals surface area contributed by atoms with Crippen LogP contribution in [-0.4, -0.2) is 41.9 Å². The fraction of sp³-hybridized carbons (Fsp3) is 0.208. The zero-order chi connectivity index (χ0) is 22.8. The average molecular weight is 465 g/mol. The lowest BCUT2D eigenvalue weighted by atomic mass is 10.1. The number of hydrogen-bond donors (Lipinski definition) is 1. The summed E-state index contributed by atoms with van der Waals surface area (Å²) < 4.78 is 45.2. The van der Waals surface area contributed by atoms with Crippen molar-refractivity contribution < 1.29 is 17.3 Å². The van der Waals surface area contributed by atoms with E-state index in [9.17, 15) is 12.8 Å². The van der Waals surface area contributed by atoms with Gasteiger partial charge in [0, 0.05) is 23.7 Å². The third-order valence-corrected chi connectivity index (χ3v) is 7.93. The highest BCUT2D eigenvalue weighted by atomic mass is 32.2. The molecule has 0 aliphatic carbocycles. The molecule has 0 saturated carbocycles. The van der Waals surface area contributed by atoms with Gasteiger partial charge >= 0.3 is 0 Å². The molecule has 9 heteroatoms. The van der Waals surface area contributed by atoms with Gasteiger partial charge in [-0.2, -0.15) is 0 Å². The molecule has 1 saturated heterocycles. The first-order valence-corrected chi connectivity index (χ1v) is 12.2. The molecule has 1 aliphatic heterocycles. The monoisotopic (exact) mass is 464 g/mol. The number of hydrogen-bond acceptors (Lipinski definition) is 7. The van der Waals surface area contributed by atoms with Crippen LogP contribution in [0.3, 0.4) is 0 Å². The Labute approximate surface area is 190 Å². The zero-order valence-corrected chi connectivity index (χ0v) is 18.4. The van der Waals surface area contributed by atoms with Crippen molar-refractivity contribution in [1.29, 1.82) is 0 Å². The van der Waals surface area contributed by atoms with Crippen molar-refractivity contribution in [2.24, 2.45) is 0 Å². The van der Waals surface area contributed by atoms with E-state index in [1.54, 1.807) is 54.7 Å². The van der Waals surface area contributed by atoms with Gasteiger partial charge in [-0.3, -0.25) is 4.98 Å². The van der Waals surface area contributed by atoms with Crippen LogP contribution < -0.4 is 5.32 Å². The maximum Gasteiger partial charge on any atom is 0.187 e. The summed E-state index contributed by atoms with van der Waals surface area (Å²) >= 11 is 0. The Kier molecular flexibility index (Phi) is 5.74. The second-order valence-electron chi connectivity index (χ2n) is 7.88. The first kappa shape index (κ1) is 21.4. The molecule has 0 bridgehead atoms. The molecule has 4 aromatic rings. The van der Waals surface area contributed by atoms with E-state index in [1.165, 1.54) is 12.3 Å². The number of nitrogens with one attached hydrogen (secondary N) is 1. The van der Waals surface area contributed by atoms with E-state index in [4.69, 9.17) is 4.52 Å².